The van der Waals surface area contributed by atoms with Crippen LogP contribution in [-0.2, 0) is 19.5 Å². The van der Waals surface area contributed by atoms with Crippen molar-refractivity contribution in [1.29, 1.82) is 0 Å². The van der Waals surface area contributed by atoms with Crippen molar-refractivity contribution in [2.75, 3.05) is 11.9 Å². The first kappa shape index (κ1) is 21.0. The van der Waals surface area contributed by atoms with Gasteiger partial charge in [0.25, 0.3) is 5.91 Å². The van der Waals surface area contributed by atoms with E-state index < -0.39 is 0 Å². The maximum absolute atomic E-state index is 13.5. The number of pyridine rings is 1. The summed E-state index contributed by atoms with van der Waals surface area (Å²) in [5.41, 5.74) is 5.36. The van der Waals surface area contributed by atoms with E-state index in [1.54, 1.807) is 18.2 Å². The van der Waals surface area contributed by atoms with E-state index in [1.165, 1.54) is 5.56 Å². The third-order valence-corrected chi connectivity index (χ3v) is 6.52. The van der Waals surface area contributed by atoms with Crippen LogP contribution in [0.5, 0.6) is 0 Å². The number of rotatable bonds is 4. The van der Waals surface area contributed by atoms with E-state index in [-0.39, 0.29) is 5.91 Å². The zero-order valence-corrected chi connectivity index (χ0v) is 18.8. The Balaban J connectivity index is 1.53. The van der Waals surface area contributed by atoms with Gasteiger partial charge in [0, 0.05) is 48.4 Å². The number of nitrogens with one attached hydrogen (secondary N) is 1. The topological polar surface area (TPSA) is 45.2 Å². The van der Waals surface area contributed by atoms with Crippen LogP contribution in [0, 0.1) is 0 Å². The highest BCUT2D eigenvalue weighted by Gasteiger charge is 2.26. The largest absolute Gasteiger partial charge is 0.322 e. The Kier molecular flexibility index (Phi) is 5.83. The lowest BCUT2D eigenvalue weighted by molar-refractivity contribution is 0.102. The van der Waals surface area contributed by atoms with Crippen LogP contribution >= 0.6 is 23.2 Å². The van der Waals surface area contributed by atoms with Crippen LogP contribution in [0.2, 0.25) is 10.0 Å². The summed E-state index contributed by atoms with van der Waals surface area (Å²) in [5, 5.41) is 4.71. The summed E-state index contributed by atoms with van der Waals surface area (Å²) >= 11 is 12.2. The van der Waals surface area contributed by atoms with Crippen molar-refractivity contribution in [2.45, 2.75) is 19.5 Å². The summed E-state index contributed by atoms with van der Waals surface area (Å²) in [6.45, 7) is 2.41. The molecule has 1 N–H and O–H groups in total. The minimum absolute atomic E-state index is 0.167. The molecule has 3 aromatic carbocycles. The van der Waals surface area contributed by atoms with Gasteiger partial charge in [0.05, 0.1) is 21.1 Å². The number of hydrogen-bond acceptors (Lipinski definition) is 3. The number of halogens is 2. The Labute approximate surface area is 196 Å². The van der Waals surface area contributed by atoms with Crippen molar-refractivity contribution in [1.82, 2.24) is 9.88 Å². The molecule has 0 radical (unpaired) electrons. The van der Waals surface area contributed by atoms with Crippen LogP contribution in [0.25, 0.3) is 10.9 Å². The number of para-hydroxylation sites is 1. The van der Waals surface area contributed by atoms with Gasteiger partial charge in [-0.3, -0.25) is 14.7 Å². The number of carbonyl (C=O) groups is 1. The van der Waals surface area contributed by atoms with E-state index in [2.05, 4.69) is 34.5 Å². The molecule has 0 spiro atoms. The highest BCUT2D eigenvalue weighted by atomic mass is 35.5. The third-order valence-electron chi connectivity index (χ3n) is 5.78. The van der Waals surface area contributed by atoms with Gasteiger partial charge in [-0.25, -0.2) is 0 Å². The number of carbonyl (C=O) groups excluding carboxylic acids is 1. The van der Waals surface area contributed by atoms with Gasteiger partial charge in [0.15, 0.2) is 0 Å². The average molecular weight is 462 g/mol. The van der Waals surface area contributed by atoms with Crippen molar-refractivity contribution in [2.24, 2.45) is 0 Å². The van der Waals surface area contributed by atoms with Crippen molar-refractivity contribution in [3.8, 4) is 0 Å². The molecule has 5 rings (SSSR count). The highest BCUT2D eigenvalue weighted by Crippen LogP contribution is 2.30. The lowest BCUT2D eigenvalue weighted by Gasteiger charge is -2.30. The van der Waals surface area contributed by atoms with E-state index >= 15 is 0 Å². The molecular formula is C26H21Cl2N3O. The van der Waals surface area contributed by atoms with Crippen LogP contribution in [0.1, 0.15) is 27.2 Å². The van der Waals surface area contributed by atoms with E-state index in [1.807, 2.05) is 30.3 Å². The molecule has 1 aliphatic heterocycles. The Morgan fingerprint density at radius 1 is 0.969 bits per heavy atom. The molecule has 0 aliphatic carbocycles. The zero-order valence-electron chi connectivity index (χ0n) is 17.3. The molecule has 160 valence electrons. The first-order valence-corrected chi connectivity index (χ1v) is 11.3. The Morgan fingerprint density at radius 2 is 1.75 bits per heavy atom. The summed E-state index contributed by atoms with van der Waals surface area (Å²) in [4.78, 5) is 20.8. The molecular weight excluding hydrogens is 441 g/mol. The molecule has 0 atom stereocenters. The van der Waals surface area contributed by atoms with Gasteiger partial charge in [0.1, 0.15) is 0 Å². The van der Waals surface area contributed by atoms with Crippen LogP contribution < -0.4 is 5.32 Å². The second-order valence-corrected chi connectivity index (χ2v) is 8.77. The molecule has 0 saturated carbocycles. The maximum atomic E-state index is 13.5. The molecule has 4 nitrogen and oxygen atoms in total. The molecule has 2 heterocycles. The lowest BCUT2D eigenvalue weighted by Crippen LogP contribution is -2.32. The van der Waals surface area contributed by atoms with E-state index in [9.17, 15) is 4.79 Å². The maximum Gasteiger partial charge on any atom is 0.256 e. The van der Waals surface area contributed by atoms with Gasteiger partial charge in [-0.2, -0.15) is 0 Å². The quantitative estimate of drug-likeness (QED) is 0.384. The van der Waals surface area contributed by atoms with E-state index in [4.69, 9.17) is 28.2 Å². The number of amides is 1. The van der Waals surface area contributed by atoms with Gasteiger partial charge >= 0.3 is 0 Å². The number of benzene rings is 3. The van der Waals surface area contributed by atoms with Gasteiger partial charge in [-0.15, -0.1) is 0 Å². The monoisotopic (exact) mass is 461 g/mol. The molecule has 0 fully saturated rings. The molecule has 1 aliphatic rings. The fourth-order valence-electron chi connectivity index (χ4n) is 4.25. The standard InChI is InChI=1S/C26H21Cl2N3O/c27-21-11-10-18(14-22(21)28)29-26(32)25-19-8-4-5-9-23(19)30-24-12-13-31(16-20(24)25)15-17-6-2-1-3-7-17/h1-11,14H,12-13,15-16H2,(H,29,32). The highest BCUT2D eigenvalue weighted by molar-refractivity contribution is 6.42. The van der Waals surface area contributed by atoms with Crippen molar-refractivity contribution in [3.05, 3.63) is 105 Å². The third kappa shape index (κ3) is 4.22. The fraction of sp³-hybridized carbons (Fsp3) is 0.154. The fourth-order valence-corrected chi connectivity index (χ4v) is 4.55. The Bertz CT molecular complexity index is 1310. The molecule has 1 amide bonds. The number of anilines is 1. The number of fused-ring (bicyclic) bond motifs is 2. The molecule has 0 bridgehead atoms. The van der Waals surface area contributed by atoms with Crippen LogP contribution in [-0.4, -0.2) is 22.3 Å². The Morgan fingerprint density at radius 3 is 2.56 bits per heavy atom. The normalized spacial score (nSPS) is 13.7. The first-order valence-electron chi connectivity index (χ1n) is 10.5. The number of aromatic nitrogens is 1. The molecule has 32 heavy (non-hydrogen) atoms. The van der Waals surface area contributed by atoms with Gasteiger partial charge < -0.3 is 5.32 Å². The Hall–Kier alpha value is -2.92. The second kappa shape index (κ2) is 8.91. The number of hydrogen-bond donors (Lipinski definition) is 1. The molecule has 0 saturated heterocycles. The lowest BCUT2D eigenvalue weighted by atomic mass is 9.95. The second-order valence-electron chi connectivity index (χ2n) is 7.96. The number of nitrogens with zero attached hydrogens (tertiary/aromatic N) is 2. The summed E-state index contributed by atoms with van der Waals surface area (Å²) < 4.78 is 0. The predicted octanol–water partition coefficient (Wildman–Crippen LogP) is 6.35. The molecule has 0 unspecified atom stereocenters. The van der Waals surface area contributed by atoms with Crippen LogP contribution in [0.15, 0.2) is 72.8 Å². The SMILES string of the molecule is O=C(Nc1ccc(Cl)c(Cl)c1)c1c2c(nc3ccccc13)CCN(Cc1ccccc1)C2. The van der Waals surface area contributed by atoms with Crippen molar-refractivity contribution >= 4 is 45.7 Å². The van der Waals surface area contributed by atoms with E-state index in [0.29, 0.717) is 27.8 Å². The molecule has 6 heteroatoms. The van der Waals surface area contributed by atoms with Crippen molar-refractivity contribution < 1.29 is 4.79 Å². The minimum Gasteiger partial charge on any atom is -0.322 e. The smallest absolute Gasteiger partial charge is 0.256 e. The predicted molar refractivity (Wildman–Crippen MR) is 130 cm³/mol. The summed E-state index contributed by atoms with van der Waals surface area (Å²) in [5.74, 6) is -0.167. The summed E-state index contributed by atoms with van der Waals surface area (Å²) in [6, 6.07) is 23.3. The van der Waals surface area contributed by atoms with Crippen molar-refractivity contribution in [3.63, 3.8) is 0 Å². The molecule has 4 aromatic rings. The van der Waals surface area contributed by atoms with Crippen LogP contribution in [0.3, 0.4) is 0 Å². The van der Waals surface area contributed by atoms with Gasteiger partial charge in [-0.05, 0) is 29.8 Å². The average Bonchev–Trinajstić information content (AvgIpc) is 2.80. The molecule has 1 aromatic heterocycles. The van der Waals surface area contributed by atoms with E-state index in [0.717, 1.165) is 41.7 Å². The van der Waals surface area contributed by atoms with Gasteiger partial charge in [-0.1, -0.05) is 71.7 Å². The zero-order chi connectivity index (χ0) is 22.1. The summed E-state index contributed by atoms with van der Waals surface area (Å²) in [7, 11) is 0. The summed E-state index contributed by atoms with van der Waals surface area (Å²) in [6.07, 6.45) is 0.806. The first-order chi connectivity index (χ1) is 15.6. The van der Waals surface area contributed by atoms with Gasteiger partial charge in [0.2, 0.25) is 0 Å². The minimum atomic E-state index is -0.167. The van der Waals surface area contributed by atoms with Crippen LogP contribution in [0.4, 0.5) is 5.69 Å².